The van der Waals surface area contributed by atoms with Crippen LogP contribution in [0.1, 0.15) is 46.2 Å². The fourth-order valence-electron chi connectivity index (χ4n) is 5.17. The number of hydrogen-bond donors (Lipinski definition) is 2. The predicted molar refractivity (Wildman–Crippen MR) is 121 cm³/mol. The molecule has 0 radical (unpaired) electrons. The zero-order chi connectivity index (χ0) is 27.0. The zero-order valence-electron chi connectivity index (χ0n) is 20.1. The van der Waals surface area contributed by atoms with Crippen LogP contribution in [0, 0.1) is 0 Å². The van der Waals surface area contributed by atoms with Crippen LogP contribution in [-0.4, -0.2) is 69.6 Å². The van der Waals surface area contributed by atoms with E-state index < -0.39 is 48.8 Å². The Labute approximate surface area is 213 Å². The largest absolute Gasteiger partial charge is 0.425 e. The molecule has 3 atom stereocenters. The lowest BCUT2D eigenvalue weighted by Gasteiger charge is -2.47. The lowest BCUT2D eigenvalue weighted by molar-refractivity contribution is -0.179. The van der Waals surface area contributed by atoms with Gasteiger partial charge in [0.25, 0.3) is 0 Å². The van der Waals surface area contributed by atoms with E-state index in [4.69, 9.17) is 4.74 Å². The van der Waals surface area contributed by atoms with Crippen molar-refractivity contribution >= 4 is 11.3 Å². The molecule has 2 N–H and O–H groups in total. The summed E-state index contributed by atoms with van der Waals surface area (Å²) in [6.45, 7) is 0.750. The van der Waals surface area contributed by atoms with Crippen molar-refractivity contribution in [2.45, 2.75) is 76.0 Å². The lowest BCUT2D eigenvalue weighted by Crippen LogP contribution is -2.50. The molecule has 4 rings (SSSR count). The summed E-state index contributed by atoms with van der Waals surface area (Å²) in [4.78, 5) is 1.98. The molecule has 208 valence electrons. The van der Waals surface area contributed by atoms with Crippen LogP contribution in [0.3, 0.4) is 0 Å². The third-order valence-electron chi connectivity index (χ3n) is 6.77. The molecule has 1 spiro atoms. The van der Waals surface area contributed by atoms with Crippen molar-refractivity contribution in [3.63, 3.8) is 0 Å². The Balaban J connectivity index is 1.38. The highest BCUT2D eigenvalue weighted by Crippen LogP contribution is 2.51. The van der Waals surface area contributed by atoms with Crippen molar-refractivity contribution in [2.75, 3.05) is 26.4 Å². The number of fused-ring (bicyclic) bond motifs is 2. The van der Waals surface area contributed by atoms with Gasteiger partial charge in [0.05, 0.1) is 38.7 Å². The van der Waals surface area contributed by atoms with Crippen LogP contribution in [0.25, 0.3) is 0 Å². The fraction of sp³-hybridized carbons (Fsp3) is 0.696. The minimum absolute atomic E-state index is 0.0275. The first kappa shape index (κ1) is 28.3. The number of thiophene rings is 1. The molecule has 1 fully saturated rings. The average Bonchev–Trinajstić information content (AvgIpc) is 3.39. The van der Waals surface area contributed by atoms with Crippen molar-refractivity contribution in [3.8, 4) is 0 Å². The van der Waals surface area contributed by atoms with Crippen LogP contribution in [0.2, 0.25) is 0 Å². The molecule has 0 amide bonds. The Morgan fingerprint density at radius 2 is 2.05 bits per heavy atom. The molecule has 0 aliphatic carbocycles. The second-order valence-corrected chi connectivity index (χ2v) is 10.6. The number of piperidine rings is 1. The topological polar surface area (TPSA) is 80.0 Å². The van der Waals surface area contributed by atoms with Gasteiger partial charge in [-0.3, -0.25) is 9.58 Å². The lowest BCUT2D eigenvalue weighted by atomic mass is 9.81. The van der Waals surface area contributed by atoms with Crippen LogP contribution >= 0.6 is 11.3 Å². The third kappa shape index (κ3) is 6.48. The van der Waals surface area contributed by atoms with E-state index in [9.17, 15) is 36.6 Å². The average molecular weight is 558 g/mol. The number of ether oxygens (including phenoxy) is 2. The Kier molecular flexibility index (Phi) is 8.27. The maximum atomic E-state index is 13.6. The molecule has 4 heterocycles. The Morgan fingerprint density at radius 1 is 1.30 bits per heavy atom. The molecule has 0 aromatic carbocycles. The van der Waals surface area contributed by atoms with Crippen LogP contribution in [-0.2, 0) is 47.4 Å². The smallest absolute Gasteiger partial charge is 0.392 e. The Bertz CT molecular complexity index is 1070. The standard InChI is InChI=1S/C23H29F6N3O4S/c1-14-6-21(19-17(2-5-36-21)18(11-33)20(37-19)23(27,28)29)3-4-31(14)8-15-7-30-32(9-15)10-16(34)12-35-13-22(24,25)26/h7,9,14,16,33-34H,2-6,8,10-13H2,1H3/t14-,16?,21+/m0/s1. The maximum Gasteiger partial charge on any atom is 0.425 e. The highest BCUT2D eigenvalue weighted by atomic mass is 32.1. The summed E-state index contributed by atoms with van der Waals surface area (Å²) in [6, 6.07) is -0.0292. The molecular formula is C23H29F6N3O4S. The molecule has 37 heavy (non-hydrogen) atoms. The Morgan fingerprint density at radius 3 is 2.70 bits per heavy atom. The second kappa shape index (κ2) is 10.8. The number of aliphatic hydroxyl groups is 2. The van der Waals surface area contributed by atoms with Gasteiger partial charge in [0.15, 0.2) is 0 Å². The van der Waals surface area contributed by atoms with E-state index in [1.807, 2.05) is 6.92 Å². The van der Waals surface area contributed by atoms with Crippen molar-refractivity contribution in [1.82, 2.24) is 14.7 Å². The van der Waals surface area contributed by atoms with Crippen molar-refractivity contribution in [2.24, 2.45) is 0 Å². The first-order valence-electron chi connectivity index (χ1n) is 11.9. The van der Waals surface area contributed by atoms with E-state index in [-0.39, 0.29) is 18.2 Å². The van der Waals surface area contributed by atoms with Crippen molar-refractivity contribution in [3.05, 3.63) is 38.8 Å². The van der Waals surface area contributed by atoms with E-state index in [0.29, 0.717) is 60.7 Å². The summed E-state index contributed by atoms with van der Waals surface area (Å²) in [5, 5.41) is 23.8. The van der Waals surface area contributed by atoms with Gasteiger partial charge in [-0.25, -0.2) is 0 Å². The molecule has 7 nitrogen and oxygen atoms in total. The second-order valence-electron chi connectivity index (χ2n) is 9.59. The first-order chi connectivity index (χ1) is 17.3. The van der Waals surface area contributed by atoms with Gasteiger partial charge < -0.3 is 19.7 Å². The van der Waals surface area contributed by atoms with Crippen molar-refractivity contribution < 1.29 is 46.0 Å². The number of hydrogen-bond acceptors (Lipinski definition) is 7. The van der Waals surface area contributed by atoms with E-state index in [1.54, 1.807) is 12.4 Å². The Hall–Kier alpha value is -1.71. The number of aromatic nitrogens is 2. The molecule has 14 heteroatoms. The van der Waals surface area contributed by atoms with Gasteiger partial charge in [0.1, 0.15) is 17.1 Å². The van der Waals surface area contributed by atoms with Gasteiger partial charge >= 0.3 is 12.4 Å². The summed E-state index contributed by atoms with van der Waals surface area (Å²) in [6.07, 6.45) is -5.52. The number of nitrogens with zero attached hydrogens (tertiary/aromatic N) is 3. The van der Waals surface area contributed by atoms with E-state index in [0.717, 1.165) is 5.56 Å². The summed E-state index contributed by atoms with van der Waals surface area (Å²) in [5.74, 6) is 0. The minimum Gasteiger partial charge on any atom is -0.392 e. The van der Waals surface area contributed by atoms with Gasteiger partial charge in [0.2, 0.25) is 0 Å². The van der Waals surface area contributed by atoms with E-state index in [2.05, 4.69) is 14.7 Å². The monoisotopic (exact) mass is 557 g/mol. The first-order valence-corrected chi connectivity index (χ1v) is 12.7. The fourth-order valence-corrected chi connectivity index (χ4v) is 6.58. The summed E-state index contributed by atoms with van der Waals surface area (Å²) in [7, 11) is 0. The van der Waals surface area contributed by atoms with Crippen LogP contribution in [0.5, 0.6) is 0 Å². The molecule has 1 saturated heterocycles. The van der Waals surface area contributed by atoms with Crippen LogP contribution < -0.4 is 0 Å². The normalized spacial score (nSPS) is 24.0. The van der Waals surface area contributed by atoms with E-state index in [1.165, 1.54) is 4.68 Å². The molecule has 0 bridgehead atoms. The van der Waals surface area contributed by atoms with Gasteiger partial charge in [-0.05, 0) is 31.7 Å². The molecular weight excluding hydrogens is 528 g/mol. The van der Waals surface area contributed by atoms with Gasteiger partial charge in [-0.15, -0.1) is 11.3 Å². The highest BCUT2D eigenvalue weighted by Gasteiger charge is 2.48. The SMILES string of the molecule is C[C@H]1C[C@@]2(CCN1Cc1cnn(CC(O)COCC(F)(F)F)c1)OCCc1c2sc(C(F)(F)F)c1CO. The molecule has 2 aromatic rings. The van der Waals surface area contributed by atoms with E-state index >= 15 is 0 Å². The molecule has 0 saturated carbocycles. The quantitative estimate of drug-likeness (QED) is 0.481. The molecule has 2 aliphatic heterocycles. The van der Waals surface area contributed by atoms with Crippen molar-refractivity contribution in [1.29, 1.82) is 0 Å². The van der Waals surface area contributed by atoms with Gasteiger partial charge in [0, 0.05) is 41.3 Å². The van der Waals surface area contributed by atoms with Gasteiger partial charge in [-0.2, -0.15) is 31.4 Å². The zero-order valence-corrected chi connectivity index (χ0v) is 20.9. The molecule has 2 aromatic heterocycles. The predicted octanol–water partition coefficient (Wildman–Crippen LogP) is 3.85. The summed E-state index contributed by atoms with van der Waals surface area (Å²) in [5.41, 5.74) is 0.524. The number of rotatable bonds is 8. The summed E-state index contributed by atoms with van der Waals surface area (Å²) >= 11 is 0.684. The minimum atomic E-state index is -4.54. The van der Waals surface area contributed by atoms with Crippen LogP contribution in [0.4, 0.5) is 26.3 Å². The number of alkyl halides is 6. The number of halogens is 6. The number of aliphatic hydroxyl groups excluding tert-OH is 2. The third-order valence-corrected chi connectivity index (χ3v) is 8.28. The molecule has 1 unspecified atom stereocenters. The highest BCUT2D eigenvalue weighted by molar-refractivity contribution is 7.12. The van der Waals surface area contributed by atoms with Crippen LogP contribution in [0.15, 0.2) is 12.4 Å². The van der Waals surface area contributed by atoms with Gasteiger partial charge in [-0.1, -0.05) is 0 Å². The summed E-state index contributed by atoms with van der Waals surface area (Å²) < 4.78 is 89.4. The molecule has 2 aliphatic rings. The maximum absolute atomic E-state index is 13.6. The number of likely N-dealkylation sites (tertiary alicyclic amines) is 1.